The summed E-state index contributed by atoms with van der Waals surface area (Å²) in [6.07, 6.45) is 3.10. The van der Waals surface area contributed by atoms with Crippen LogP contribution in [0, 0.1) is 5.92 Å². The molecule has 3 N–H and O–H groups in total. The van der Waals surface area contributed by atoms with Crippen molar-refractivity contribution in [2.24, 2.45) is 5.92 Å². The van der Waals surface area contributed by atoms with Gasteiger partial charge >= 0.3 is 0 Å². The Bertz CT molecular complexity index is 852. The van der Waals surface area contributed by atoms with E-state index < -0.39 is 11.9 Å². The predicted octanol–water partition coefficient (Wildman–Crippen LogP) is 2.55. The molecule has 0 spiro atoms. The summed E-state index contributed by atoms with van der Waals surface area (Å²) in [5, 5.41) is 13.2. The van der Waals surface area contributed by atoms with Crippen molar-refractivity contribution in [3.05, 3.63) is 48.6 Å². The fourth-order valence-electron chi connectivity index (χ4n) is 2.40. The van der Waals surface area contributed by atoms with Gasteiger partial charge in [-0.1, -0.05) is 13.8 Å². The van der Waals surface area contributed by atoms with Crippen molar-refractivity contribution >= 4 is 28.4 Å². The van der Waals surface area contributed by atoms with E-state index in [0.717, 1.165) is 10.9 Å². The minimum atomic E-state index is -0.678. The van der Waals surface area contributed by atoms with Crippen LogP contribution in [0.2, 0.25) is 0 Å². The minimum Gasteiger partial charge on any atom is -0.459 e. The van der Waals surface area contributed by atoms with Gasteiger partial charge in [-0.05, 0) is 36.2 Å². The Labute approximate surface area is 138 Å². The summed E-state index contributed by atoms with van der Waals surface area (Å²) in [7, 11) is 0. The van der Waals surface area contributed by atoms with Crippen LogP contribution in [-0.4, -0.2) is 28.1 Å². The van der Waals surface area contributed by atoms with Gasteiger partial charge in [0, 0.05) is 11.1 Å². The lowest BCUT2D eigenvalue weighted by atomic mass is 10.0. The first-order chi connectivity index (χ1) is 11.5. The maximum Gasteiger partial charge on any atom is 0.287 e. The minimum absolute atomic E-state index is 0.0819. The zero-order chi connectivity index (χ0) is 17.1. The van der Waals surface area contributed by atoms with Gasteiger partial charge in [-0.15, -0.1) is 0 Å². The Balaban J connectivity index is 1.73. The number of benzene rings is 1. The van der Waals surface area contributed by atoms with Crippen LogP contribution in [0.15, 0.2) is 47.2 Å². The molecule has 1 atom stereocenters. The normalized spacial score (nSPS) is 12.3. The van der Waals surface area contributed by atoms with Crippen LogP contribution in [0.1, 0.15) is 24.4 Å². The summed E-state index contributed by atoms with van der Waals surface area (Å²) in [5.74, 6) is -0.610. The zero-order valence-corrected chi connectivity index (χ0v) is 13.4. The molecule has 124 valence electrons. The first-order valence-corrected chi connectivity index (χ1v) is 7.63. The largest absolute Gasteiger partial charge is 0.459 e. The molecule has 0 aliphatic heterocycles. The average Bonchev–Trinajstić information content (AvgIpc) is 3.22. The van der Waals surface area contributed by atoms with Crippen LogP contribution in [0.25, 0.3) is 10.9 Å². The van der Waals surface area contributed by atoms with E-state index in [2.05, 4.69) is 20.8 Å². The SMILES string of the molecule is CC(C)C(NC(=O)c1ccco1)C(=O)Nc1ccc2[nH]ncc2c1. The number of hydrogen-bond acceptors (Lipinski definition) is 4. The van der Waals surface area contributed by atoms with Crippen molar-refractivity contribution in [3.8, 4) is 0 Å². The van der Waals surface area contributed by atoms with E-state index in [4.69, 9.17) is 4.42 Å². The Morgan fingerprint density at radius 1 is 1.25 bits per heavy atom. The van der Waals surface area contributed by atoms with E-state index >= 15 is 0 Å². The van der Waals surface area contributed by atoms with Crippen molar-refractivity contribution in [1.82, 2.24) is 15.5 Å². The number of hydrogen-bond donors (Lipinski definition) is 3. The number of carbonyl (C=O) groups excluding carboxylic acids is 2. The van der Waals surface area contributed by atoms with E-state index in [0.29, 0.717) is 5.69 Å². The summed E-state index contributed by atoms with van der Waals surface area (Å²) < 4.78 is 5.06. The first kappa shape index (κ1) is 15.8. The summed E-state index contributed by atoms with van der Waals surface area (Å²) in [6, 6.07) is 7.94. The summed E-state index contributed by atoms with van der Waals surface area (Å²) >= 11 is 0. The van der Waals surface area contributed by atoms with Gasteiger partial charge in [-0.3, -0.25) is 14.7 Å². The quantitative estimate of drug-likeness (QED) is 0.671. The summed E-state index contributed by atoms with van der Waals surface area (Å²) in [4.78, 5) is 24.7. The number of rotatable bonds is 5. The molecule has 0 bridgehead atoms. The summed E-state index contributed by atoms with van der Waals surface area (Å²) in [5.41, 5.74) is 1.53. The van der Waals surface area contributed by atoms with Gasteiger partial charge in [0.2, 0.25) is 5.91 Å². The van der Waals surface area contributed by atoms with Crippen molar-refractivity contribution in [1.29, 1.82) is 0 Å². The van der Waals surface area contributed by atoms with E-state index in [1.54, 1.807) is 24.4 Å². The number of aromatic amines is 1. The van der Waals surface area contributed by atoms with Crippen LogP contribution in [0.4, 0.5) is 5.69 Å². The molecule has 2 heterocycles. The number of aromatic nitrogens is 2. The number of furan rings is 1. The van der Waals surface area contributed by atoms with Crippen LogP contribution in [0.3, 0.4) is 0 Å². The molecular formula is C17H18N4O3. The third-order valence-electron chi connectivity index (χ3n) is 3.69. The van der Waals surface area contributed by atoms with Gasteiger partial charge < -0.3 is 15.1 Å². The molecule has 2 amide bonds. The third-order valence-corrected chi connectivity index (χ3v) is 3.69. The highest BCUT2D eigenvalue weighted by Crippen LogP contribution is 2.17. The maximum absolute atomic E-state index is 12.6. The molecule has 0 aliphatic rings. The van der Waals surface area contributed by atoms with Crippen LogP contribution >= 0.6 is 0 Å². The van der Waals surface area contributed by atoms with Crippen LogP contribution in [-0.2, 0) is 4.79 Å². The third kappa shape index (κ3) is 3.29. The number of H-pyrrole nitrogens is 1. The number of amides is 2. The standard InChI is InChI=1S/C17H18N4O3/c1-10(2)15(20-16(22)14-4-3-7-24-14)17(23)19-12-5-6-13-11(8-12)9-18-21-13/h3-10,15H,1-2H3,(H,18,21)(H,19,23)(H,20,22). The average molecular weight is 326 g/mol. The molecule has 0 saturated heterocycles. The molecule has 2 aromatic heterocycles. The number of carbonyl (C=O) groups is 2. The monoisotopic (exact) mass is 326 g/mol. The molecule has 0 fully saturated rings. The second-order valence-corrected chi connectivity index (χ2v) is 5.83. The van der Waals surface area contributed by atoms with E-state index in [-0.39, 0.29) is 17.6 Å². The van der Waals surface area contributed by atoms with Gasteiger partial charge in [0.15, 0.2) is 5.76 Å². The van der Waals surface area contributed by atoms with Gasteiger partial charge in [0.1, 0.15) is 6.04 Å². The molecule has 1 unspecified atom stereocenters. The van der Waals surface area contributed by atoms with Gasteiger partial charge in [-0.2, -0.15) is 5.10 Å². The lowest BCUT2D eigenvalue weighted by molar-refractivity contribution is -0.118. The molecular weight excluding hydrogens is 308 g/mol. The molecule has 3 rings (SSSR count). The Morgan fingerprint density at radius 3 is 2.79 bits per heavy atom. The molecule has 0 radical (unpaired) electrons. The van der Waals surface area contributed by atoms with Crippen molar-refractivity contribution in [2.45, 2.75) is 19.9 Å². The smallest absolute Gasteiger partial charge is 0.287 e. The molecule has 1 aromatic carbocycles. The molecule has 7 nitrogen and oxygen atoms in total. The lowest BCUT2D eigenvalue weighted by Crippen LogP contribution is -2.47. The number of nitrogens with one attached hydrogen (secondary N) is 3. The molecule has 7 heteroatoms. The first-order valence-electron chi connectivity index (χ1n) is 7.63. The number of fused-ring (bicyclic) bond motifs is 1. The second kappa shape index (κ2) is 6.57. The van der Waals surface area contributed by atoms with E-state index in [1.807, 2.05) is 26.0 Å². The Kier molecular flexibility index (Phi) is 4.33. The fraction of sp³-hybridized carbons (Fsp3) is 0.235. The van der Waals surface area contributed by atoms with Gasteiger partial charge in [-0.25, -0.2) is 0 Å². The van der Waals surface area contributed by atoms with E-state index in [1.165, 1.54) is 6.26 Å². The fourth-order valence-corrected chi connectivity index (χ4v) is 2.40. The van der Waals surface area contributed by atoms with Gasteiger partial charge in [0.05, 0.1) is 18.0 Å². The number of nitrogens with zero attached hydrogens (tertiary/aromatic N) is 1. The van der Waals surface area contributed by atoms with E-state index in [9.17, 15) is 9.59 Å². The van der Waals surface area contributed by atoms with Crippen molar-refractivity contribution in [3.63, 3.8) is 0 Å². The van der Waals surface area contributed by atoms with Crippen molar-refractivity contribution in [2.75, 3.05) is 5.32 Å². The summed E-state index contributed by atoms with van der Waals surface area (Å²) in [6.45, 7) is 3.73. The van der Waals surface area contributed by atoms with Crippen LogP contribution < -0.4 is 10.6 Å². The highest BCUT2D eigenvalue weighted by Gasteiger charge is 2.25. The zero-order valence-electron chi connectivity index (χ0n) is 13.4. The highest BCUT2D eigenvalue weighted by molar-refractivity contribution is 6.01. The maximum atomic E-state index is 12.6. The molecule has 0 aliphatic carbocycles. The highest BCUT2D eigenvalue weighted by atomic mass is 16.3. The topological polar surface area (TPSA) is 100 Å². The molecule has 3 aromatic rings. The Hall–Kier alpha value is -3.09. The van der Waals surface area contributed by atoms with Crippen LogP contribution in [0.5, 0.6) is 0 Å². The van der Waals surface area contributed by atoms with Gasteiger partial charge in [0.25, 0.3) is 5.91 Å². The Morgan fingerprint density at radius 2 is 2.08 bits per heavy atom. The molecule has 24 heavy (non-hydrogen) atoms. The predicted molar refractivity (Wildman–Crippen MR) is 89.5 cm³/mol. The second-order valence-electron chi connectivity index (χ2n) is 5.83. The number of anilines is 1. The lowest BCUT2D eigenvalue weighted by Gasteiger charge is -2.21. The van der Waals surface area contributed by atoms with Crippen molar-refractivity contribution < 1.29 is 14.0 Å². The molecule has 0 saturated carbocycles.